The molecule has 7 heteroatoms. The fourth-order valence-electron chi connectivity index (χ4n) is 2.18. The molecule has 2 aromatic rings. The first-order valence-electron chi connectivity index (χ1n) is 7.79. The number of rotatable bonds is 6. The van der Waals surface area contributed by atoms with Crippen LogP contribution in [0.15, 0.2) is 48.5 Å². The van der Waals surface area contributed by atoms with Crippen LogP contribution in [0.3, 0.4) is 0 Å². The molecular weight excluding hydrogens is 335 g/mol. The number of ether oxygens (including phenoxy) is 2. The van der Waals surface area contributed by atoms with Crippen molar-refractivity contribution < 1.29 is 27.4 Å². The third-order valence-corrected chi connectivity index (χ3v) is 3.62. The molecule has 0 atom stereocenters. The van der Waals surface area contributed by atoms with Crippen LogP contribution >= 0.6 is 0 Å². The maximum absolute atomic E-state index is 12.2. The van der Waals surface area contributed by atoms with Gasteiger partial charge in [0.1, 0.15) is 11.5 Å². The molecule has 25 heavy (non-hydrogen) atoms. The van der Waals surface area contributed by atoms with Gasteiger partial charge in [-0.15, -0.1) is 13.2 Å². The molecule has 0 aromatic heterocycles. The molecule has 0 heterocycles. The first-order chi connectivity index (χ1) is 11.9. The van der Waals surface area contributed by atoms with Gasteiger partial charge in [-0.3, -0.25) is 4.79 Å². The number of hydrogen-bond acceptors (Lipinski definition) is 3. The molecule has 1 saturated carbocycles. The number of benzene rings is 2. The Labute approximate surface area is 142 Å². The zero-order chi connectivity index (χ0) is 17.9. The fourth-order valence-corrected chi connectivity index (χ4v) is 2.18. The van der Waals surface area contributed by atoms with E-state index in [2.05, 4.69) is 10.1 Å². The van der Waals surface area contributed by atoms with Gasteiger partial charge in [0.25, 0.3) is 5.91 Å². The second-order valence-corrected chi connectivity index (χ2v) is 5.81. The monoisotopic (exact) mass is 351 g/mol. The van der Waals surface area contributed by atoms with E-state index in [0.717, 1.165) is 12.1 Å². The Morgan fingerprint density at radius 1 is 1.08 bits per heavy atom. The summed E-state index contributed by atoms with van der Waals surface area (Å²) >= 11 is 0. The van der Waals surface area contributed by atoms with Crippen molar-refractivity contribution in [1.82, 2.24) is 0 Å². The van der Waals surface area contributed by atoms with Gasteiger partial charge in [-0.25, -0.2) is 0 Å². The average Bonchev–Trinajstić information content (AvgIpc) is 3.36. The van der Waals surface area contributed by atoms with Crippen LogP contribution in [0.4, 0.5) is 18.9 Å². The van der Waals surface area contributed by atoms with Gasteiger partial charge in [0, 0.05) is 17.3 Å². The van der Waals surface area contributed by atoms with Crippen molar-refractivity contribution in [2.24, 2.45) is 5.92 Å². The minimum Gasteiger partial charge on any atom is -0.493 e. The van der Waals surface area contributed by atoms with Gasteiger partial charge in [0.15, 0.2) is 0 Å². The highest BCUT2D eigenvalue weighted by molar-refractivity contribution is 6.04. The number of carbonyl (C=O) groups excluding carboxylic acids is 1. The summed E-state index contributed by atoms with van der Waals surface area (Å²) in [5.74, 6) is 0.491. The number of carbonyl (C=O) groups is 1. The summed E-state index contributed by atoms with van der Waals surface area (Å²) in [5.41, 5.74) is 0.585. The molecule has 1 fully saturated rings. The highest BCUT2D eigenvalue weighted by atomic mass is 19.4. The van der Waals surface area contributed by atoms with Crippen molar-refractivity contribution in [3.8, 4) is 11.5 Å². The SMILES string of the molecule is O=C(Nc1cccc(OC(F)(F)F)c1)c1ccc(OCC2CC2)cc1. The van der Waals surface area contributed by atoms with E-state index >= 15 is 0 Å². The van der Waals surface area contributed by atoms with Crippen LogP contribution in [0.25, 0.3) is 0 Å². The summed E-state index contributed by atoms with van der Waals surface area (Å²) in [6.45, 7) is 0.678. The highest BCUT2D eigenvalue weighted by Gasteiger charge is 2.31. The maximum atomic E-state index is 12.2. The first-order valence-corrected chi connectivity index (χ1v) is 7.79. The van der Waals surface area contributed by atoms with Gasteiger partial charge in [-0.1, -0.05) is 6.07 Å². The molecule has 0 radical (unpaired) electrons. The lowest BCUT2D eigenvalue weighted by Crippen LogP contribution is -2.17. The maximum Gasteiger partial charge on any atom is 0.573 e. The Morgan fingerprint density at radius 2 is 1.80 bits per heavy atom. The van der Waals surface area contributed by atoms with Crippen LogP contribution in [0.5, 0.6) is 11.5 Å². The zero-order valence-corrected chi connectivity index (χ0v) is 13.2. The molecule has 132 valence electrons. The smallest absolute Gasteiger partial charge is 0.493 e. The van der Waals surface area contributed by atoms with Crippen LogP contribution < -0.4 is 14.8 Å². The van der Waals surface area contributed by atoms with Crippen molar-refractivity contribution in [2.45, 2.75) is 19.2 Å². The molecule has 1 aliphatic carbocycles. The molecule has 1 aliphatic rings. The lowest BCUT2D eigenvalue weighted by Gasteiger charge is -2.11. The highest BCUT2D eigenvalue weighted by Crippen LogP contribution is 2.29. The third-order valence-electron chi connectivity index (χ3n) is 3.62. The molecular formula is C18H16F3NO3. The number of halogens is 3. The molecule has 2 aromatic carbocycles. The molecule has 0 saturated heterocycles. The summed E-state index contributed by atoms with van der Waals surface area (Å²) < 4.78 is 46.1. The molecule has 0 unspecified atom stereocenters. The van der Waals surface area contributed by atoms with Gasteiger partial charge < -0.3 is 14.8 Å². The standard InChI is InChI=1S/C18H16F3NO3/c19-18(20,21)25-16-3-1-2-14(10-16)22-17(23)13-6-8-15(9-7-13)24-11-12-4-5-12/h1-3,6-10,12H,4-5,11H2,(H,22,23). The number of nitrogens with one attached hydrogen (secondary N) is 1. The Bertz CT molecular complexity index is 740. The Balaban J connectivity index is 1.60. The van der Waals surface area contributed by atoms with Crippen molar-refractivity contribution in [1.29, 1.82) is 0 Å². The van der Waals surface area contributed by atoms with E-state index in [1.54, 1.807) is 24.3 Å². The van der Waals surface area contributed by atoms with Crippen molar-refractivity contribution in [2.75, 3.05) is 11.9 Å². The van der Waals surface area contributed by atoms with Crippen LogP contribution in [0, 0.1) is 5.92 Å². The summed E-state index contributed by atoms with van der Waals surface area (Å²) in [4.78, 5) is 12.2. The zero-order valence-electron chi connectivity index (χ0n) is 13.2. The second kappa shape index (κ2) is 7.04. The molecule has 0 aliphatic heterocycles. The number of hydrogen-bond donors (Lipinski definition) is 1. The number of alkyl halides is 3. The fraction of sp³-hybridized carbons (Fsp3) is 0.278. The summed E-state index contributed by atoms with van der Waals surface area (Å²) in [5, 5.41) is 2.54. The number of amides is 1. The van der Waals surface area contributed by atoms with Crippen LogP contribution in [-0.4, -0.2) is 18.9 Å². The van der Waals surface area contributed by atoms with E-state index in [0.29, 0.717) is 23.8 Å². The lowest BCUT2D eigenvalue weighted by atomic mass is 10.2. The summed E-state index contributed by atoms with van der Waals surface area (Å²) in [7, 11) is 0. The topological polar surface area (TPSA) is 47.6 Å². The molecule has 1 N–H and O–H groups in total. The van der Waals surface area contributed by atoms with E-state index in [-0.39, 0.29) is 5.69 Å². The van der Waals surface area contributed by atoms with Crippen LogP contribution in [0.1, 0.15) is 23.2 Å². The van der Waals surface area contributed by atoms with Crippen molar-refractivity contribution in [3.05, 3.63) is 54.1 Å². The Kier molecular flexibility index (Phi) is 4.83. The van der Waals surface area contributed by atoms with Gasteiger partial charge in [0.05, 0.1) is 6.61 Å². The Morgan fingerprint density at radius 3 is 2.44 bits per heavy atom. The molecule has 4 nitrogen and oxygen atoms in total. The van der Waals surface area contributed by atoms with Crippen LogP contribution in [0.2, 0.25) is 0 Å². The first kappa shape index (κ1) is 17.1. The van der Waals surface area contributed by atoms with Gasteiger partial charge >= 0.3 is 6.36 Å². The molecule has 1 amide bonds. The summed E-state index contributed by atoms with van der Waals surface area (Å²) in [6, 6.07) is 11.7. The van der Waals surface area contributed by atoms with Crippen LogP contribution in [-0.2, 0) is 0 Å². The van der Waals surface area contributed by atoms with Crippen molar-refractivity contribution >= 4 is 11.6 Å². The van der Waals surface area contributed by atoms with E-state index in [9.17, 15) is 18.0 Å². The van der Waals surface area contributed by atoms with E-state index in [1.807, 2.05) is 0 Å². The largest absolute Gasteiger partial charge is 0.573 e. The predicted molar refractivity (Wildman–Crippen MR) is 85.7 cm³/mol. The van der Waals surface area contributed by atoms with Gasteiger partial charge in [0.2, 0.25) is 0 Å². The van der Waals surface area contributed by atoms with E-state index in [1.165, 1.54) is 25.0 Å². The normalized spacial score (nSPS) is 14.0. The second-order valence-electron chi connectivity index (χ2n) is 5.81. The minimum absolute atomic E-state index is 0.209. The quantitative estimate of drug-likeness (QED) is 0.826. The van der Waals surface area contributed by atoms with E-state index < -0.39 is 18.0 Å². The van der Waals surface area contributed by atoms with E-state index in [4.69, 9.17) is 4.74 Å². The average molecular weight is 351 g/mol. The minimum atomic E-state index is -4.78. The third kappa shape index (κ3) is 5.41. The predicted octanol–water partition coefficient (Wildman–Crippen LogP) is 4.63. The van der Waals surface area contributed by atoms with Gasteiger partial charge in [-0.2, -0.15) is 0 Å². The molecule has 0 spiro atoms. The number of anilines is 1. The Hall–Kier alpha value is -2.70. The molecule has 0 bridgehead atoms. The van der Waals surface area contributed by atoms with Crippen molar-refractivity contribution in [3.63, 3.8) is 0 Å². The molecule has 3 rings (SSSR count). The van der Waals surface area contributed by atoms with Gasteiger partial charge in [-0.05, 0) is 55.2 Å². The summed E-state index contributed by atoms with van der Waals surface area (Å²) in [6.07, 6.45) is -2.39. The lowest BCUT2D eigenvalue weighted by molar-refractivity contribution is -0.274.